The summed E-state index contributed by atoms with van der Waals surface area (Å²) in [5.74, 6) is 0.340. The lowest BCUT2D eigenvalue weighted by Gasteiger charge is -2.26. The van der Waals surface area contributed by atoms with Crippen LogP contribution in [0.25, 0.3) is 0 Å². The third-order valence-electron chi connectivity index (χ3n) is 5.42. The number of likely N-dealkylation sites (N-methyl/N-ethyl adjacent to an activating group) is 1. The van der Waals surface area contributed by atoms with Crippen molar-refractivity contribution in [2.45, 2.75) is 50.7 Å². The maximum atomic E-state index is 12.4. The zero-order valence-electron chi connectivity index (χ0n) is 14.2. The number of hydrogen-bond donors (Lipinski definition) is 1. The zero-order valence-corrected chi connectivity index (χ0v) is 14.2. The highest BCUT2D eigenvalue weighted by molar-refractivity contribution is 5.76. The highest BCUT2D eigenvalue weighted by atomic mass is 16.2. The first-order valence-electron chi connectivity index (χ1n) is 8.98. The smallest absolute Gasteiger partial charge is 0.222 e. The summed E-state index contributed by atoms with van der Waals surface area (Å²) in [6.45, 7) is 3.67. The van der Waals surface area contributed by atoms with Crippen LogP contribution in [0.4, 0.5) is 0 Å². The Morgan fingerprint density at radius 1 is 1.17 bits per heavy atom. The number of amides is 1. The number of fused-ring (bicyclic) bond motifs is 2. The third kappa shape index (κ3) is 4.33. The fraction of sp³-hybridized carbons (Fsp3) is 0.632. The maximum absolute atomic E-state index is 12.4. The van der Waals surface area contributed by atoms with Gasteiger partial charge in [0.15, 0.2) is 0 Å². The van der Waals surface area contributed by atoms with E-state index in [2.05, 4.69) is 46.4 Å². The van der Waals surface area contributed by atoms with Gasteiger partial charge in [-0.15, -0.1) is 0 Å². The van der Waals surface area contributed by atoms with Crippen molar-refractivity contribution in [2.75, 3.05) is 26.7 Å². The van der Waals surface area contributed by atoms with Crippen LogP contribution in [-0.4, -0.2) is 54.5 Å². The molecule has 2 heterocycles. The number of carbonyl (C=O) groups is 1. The summed E-state index contributed by atoms with van der Waals surface area (Å²) < 4.78 is 0. The molecule has 2 aliphatic rings. The Bertz CT molecular complexity index is 505. The molecule has 0 aliphatic carbocycles. The molecule has 4 heteroatoms. The molecular weight excluding hydrogens is 286 g/mol. The molecule has 23 heavy (non-hydrogen) atoms. The molecule has 126 valence electrons. The molecule has 2 saturated heterocycles. The number of hydrogen-bond acceptors (Lipinski definition) is 3. The molecule has 2 aliphatic heterocycles. The summed E-state index contributed by atoms with van der Waals surface area (Å²) in [5, 5.41) is 3.43. The number of nitrogens with one attached hydrogen (secondary N) is 1. The summed E-state index contributed by atoms with van der Waals surface area (Å²) in [6, 6.07) is 11.7. The molecule has 0 unspecified atom stereocenters. The summed E-state index contributed by atoms with van der Waals surface area (Å²) >= 11 is 0. The predicted molar refractivity (Wildman–Crippen MR) is 93.2 cm³/mol. The average molecular weight is 315 g/mol. The topological polar surface area (TPSA) is 35.6 Å². The molecule has 2 fully saturated rings. The van der Waals surface area contributed by atoms with Crippen LogP contribution in [0.3, 0.4) is 0 Å². The average Bonchev–Trinajstić information content (AvgIpc) is 2.80. The predicted octanol–water partition coefficient (Wildman–Crippen LogP) is 2.25. The van der Waals surface area contributed by atoms with Gasteiger partial charge in [0.1, 0.15) is 0 Å². The lowest BCUT2D eigenvalue weighted by molar-refractivity contribution is -0.131. The largest absolute Gasteiger partial charge is 0.341 e. The van der Waals surface area contributed by atoms with Gasteiger partial charge in [0.05, 0.1) is 0 Å². The van der Waals surface area contributed by atoms with Crippen LogP contribution in [0.2, 0.25) is 0 Å². The maximum Gasteiger partial charge on any atom is 0.222 e. The Morgan fingerprint density at radius 3 is 2.78 bits per heavy atom. The minimum absolute atomic E-state index is 0.340. The van der Waals surface area contributed by atoms with E-state index in [-0.39, 0.29) is 0 Å². The van der Waals surface area contributed by atoms with Crippen molar-refractivity contribution < 1.29 is 4.79 Å². The molecule has 4 nitrogen and oxygen atoms in total. The zero-order chi connectivity index (χ0) is 16.1. The molecule has 3 rings (SSSR count). The number of likely N-dealkylation sites (tertiary alicyclic amines) is 1. The van der Waals surface area contributed by atoms with Gasteiger partial charge in [-0.3, -0.25) is 9.69 Å². The fourth-order valence-electron chi connectivity index (χ4n) is 3.89. The molecule has 1 aromatic rings. The van der Waals surface area contributed by atoms with Crippen molar-refractivity contribution in [1.82, 2.24) is 15.1 Å². The van der Waals surface area contributed by atoms with Crippen molar-refractivity contribution in [2.24, 2.45) is 0 Å². The van der Waals surface area contributed by atoms with Crippen LogP contribution in [0.15, 0.2) is 30.3 Å². The molecule has 0 spiro atoms. The van der Waals surface area contributed by atoms with Gasteiger partial charge in [-0.1, -0.05) is 30.3 Å². The molecule has 1 aromatic carbocycles. The van der Waals surface area contributed by atoms with E-state index in [1.807, 2.05) is 6.07 Å². The van der Waals surface area contributed by atoms with Gasteiger partial charge in [0.2, 0.25) is 5.91 Å². The summed E-state index contributed by atoms with van der Waals surface area (Å²) in [6.07, 6.45) is 5.30. The van der Waals surface area contributed by atoms with Gasteiger partial charge >= 0.3 is 0 Å². The van der Waals surface area contributed by atoms with Crippen LogP contribution in [-0.2, 0) is 11.3 Å². The minimum Gasteiger partial charge on any atom is -0.341 e. The van der Waals surface area contributed by atoms with E-state index in [1.165, 1.54) is 18.4 Å². The van der Waals surface area contributed by atoms with Gasteiger partial charge in [0.25, 0.3) is 0 Å². The lowest BCUT2D eigenvalue weighted by atomic mass is 10.1. The Labute approximate surface area is 139 Å². The van der Waals surface area contributed by atoms with E-state index in [0.29, 0.717) is 24.4 Å². The van der Waals surface area contributed by atoms with Gasteiger partial charge in [-0.25, -0.2) is 0 Å². The summed E-state index contributed by atoms with van der Waals surface area (Å²) in [5.41, 5.74) is 1.30. The molecule has 1 amide bonds. The van der Waals surface area contributed by atoms with Crippen LogP contribution in [0.5, 0.6) is 0 Å². The molecule has 2 atom stereocenters. The van der Waals surface area contributed by atoms with Crippen LogP contribution < -0.4 is 5.32 Å². The quantitative estimate of drug-likeness (QED) is 0.818. The van der Waals surface area contributed by atoms with Gasteiger partial charge in [0, 0.05) is 38.1 Å². The first kappa shape index (κ1) is 16.5. The van der Waals surface area contributed by atoms with Crippen molar-refractivity contribution in [3.05, 3.63) is 35.9 Å². The van der Waals surface area contributed by atoms with Gasteiger partial charge in [-0.2, -0.15) is 0 Å². The number of carbonyl (C=O) groups excluding carboxylic acids is 1. The fourth-order valence-corrected chi connectivity index (χ4v) is 3.89. The van der Waals surface area contributed by atoms with Crippen molar-refractivity contribution in [3.63, 3.8) is 0 Å². The van der Waals surface area contributed by atoms with E-state index in [0.717, 1.165) is 39.0 Å². The van der Waals surface area contributed by atoms with Crippen LogP contribution >= 0.6 is 0 Å². The van der Waals surface area contributed by atoms with Gasteiger partial charge in [-0.05, 0) is 44.8 Å². The van der Waals surface area contributed by atoms with E-state index in [1.54, 1.807) is 0 Å². The first-order chi connectivity index (χ1) is 11.2. The Balaban J connectivity index is 1.35. The minimum atomic E-state index is 0.340. The van der Waals surface area contributed by atoms with Crippen molar-refractivity contribution >= 4 is 5.91 Å². The monoisotopic (exact) mass is 315 g/mol. The highest BCUT2D eigenvalue weighted by Gasteiger charge is 2.35. The molecule has 2 bridgehead atoms. The van der Waals surface area contributed by atoms with Gasteiger partial charge < -0.3 is 10.2 Å². The standard InChI is InChI=1S/C19H29N3O/c1-21-17-9-10-18(21)15-22(13-11-17)19(23)8-5-12-20-14-16-6-3-2-4-7-16/h2-4,6-7,17-18,20H,5,8-15H2,1H3/t17-,18+/m0/s1. The lowest BCUT2D eigenvalue weighted by Crippen LogP contribution is -2.39. The van der Waals surface area contributed by atoms with E-state index in [4.69, 9.17) is 0 Å². The second-order valence-electron chi connectivity index (χ2n) is 6.94. The Hall–Kier alpha value is -1.39. The van der Waals surface area contributed by atoms with E-state index < -0.39 is 0 Å². The first-order valence-corrected chi connectivity index (χ1v) is 8.98. The summed E-state index contributed by atoms with van der Waals surface area (Å²) in [4.78, 5) is 17.1. The molecule has 1 N–H and O–H groups in total. The SMILES string of the molecule is CN1[C@H]2CC[C@@H]1CN(C(=O)CCCNCc1ccccc1)CC2. The van der Waals surface area contributed by atoms with Crippen molar-refractivity contribution in [3.8, 4) is 0 Å². The number of nitrogens with zero attached hydrogens (tertiary/aromatic N) is 2. The molecular formula is C19H29N3O. The van der Waals surface area contributed by atoms with Crippen LogP contribution in [0, 0.1) is 0 Å². The number of benzene rings is 1. The highest BCUT2D eigenvalue weighted by Crippen LogP contribution is 2.28. The van der Waals surface area contributed by atoms with E-state index in [9.17, 15) is 4.79 Å². The van der Waals surface area contributed by atoms with Crippen LogP contribution in [0.1, 0.15) is 37.7 Å². The Morgan fingerprint density at radius 2 is 1.96 bits per heavy atom. The normalized spacial score (nSPS) is 24.7. The second kappa shape index (κ2) is 7.93. The molecule has 0 radical (unpaired) electrons. The van der Waals surface area contributed by atoms with E-state index >= 15 is 0 Å². The number of rotatable bonds is 6. The van der Waals surface area contributed by atoms with Crippen molar-refractivity contribution in [1.29, 1.82) is 0 Å². The Kier molecular flexibility index (Phi) is 5.68. The summed E-state index contributed by atoms with van der Waals surface area (Å²) in [7, 11) is 2.23. The third-order valence-corrected chi connectivity index (χ3v) is 5.42. The second-order valence-corrected chi connectivity index (χ2v) is 6.94. The molecule has 0 saturated carbocycles. The molecule has 0 aromatic heterocycles.